The summed E-state index contributed by atoms with van der Waals surface area (Å²) in [7, 11) is 0. The number of ether oxygens (including phenoxy) is 4. The number of esters is 2. The first-order valence-corrected chi connectivity index (χ1v) is 13.3. The molecule has 0 aliphatic heterocycles. The fourth-order valence-corrected chi connectivity index (χ4v) is 3.32. The molecule has 10 nitrogen and oxygen atoms in total. The van der Waals surface area contributed by atoms with Crippen molar-refractivity contribution in [2.24, 2.45) is 5.92 Å². The largest absolute Gasteiger partial charge is 0.510 e. The average Bonchev–Trinajstić information content (AvgIpc) is 2.82. The van der Waals surface area contributed by atoms with Crippen LogP contribution in [0.1, 0.15) is 92.6 Å². The van der Waals surface area contributed by atoms with Crippen molar-refractivity contribution in [3.05, 3.63) is 23.8 Å². The van der Waals surface area contributed by atoms with Gasteiger partial charge in [0, 0.05) is 25.3 Å². The molecular formula is C28H43NO9. The zero-order valence-electron chi connectivity index (χ0n) is 23.6. The van der Waals surface area contributed by atoms with Gasteiger partial charge in [-0.25, -0.2) is 9.59 Å². The molecule has 1 aromatic carbocycles. The standard InChI is InChI=1S/C28H43NO9/c1-8-10-12-24(30)36-22-15-14-21(16-23(22)37-25(31)13-11-9-2)17-28(26(32)33,29-19(5)6)38-27(34)35-20(7)18(3)4/h14-16,18-20,29H,8-13,17H2,1-7H3,(H,32,33)/t20?,28-/m0/s1. The number of carbonyl (C=O) groups excluding carboxylic acids is 3. The molecule has 0 amide bonds. The SMILES string of the molecule is CCCCC(=O)Oc1ccc(C[C@](NC(C)C)(OC(=O)OC(C)C(C)C)C(=O)O)cc1OC(=O)CCCC. The van der Waals surface area contributed by atoms with Gasteiger partial charge in [0.25, 0.3) is 5.72 Å². The van der Waals surface area contributed by atoms with E-state index in [-0.39, 0.29) is 42.7 Å². The van der Waals surface area contributed by atoms with E-state index in [1.807, 2.05) is 27.7 Å². The van der Waals surface area contributed by atoms with E-state index in [1.165, 1.54) is 18.2 Å². The maximum atomic E-state index is 12.5. The number of unbranched alkanes of at least 4 members (excludes halogenated alkanes) is 2. The molecule has 0 saturated carbocycles. The minimum Gasteiger partial charge on any atom is -0.477 e. The van der Waals surface area contributed by atoms with E-state index in [1.54, 1.807) is 20.8 Å². The molecule has 0 heterocycles. The van der Waals surface area contributed by atoms with E-state index >= 15 is 0 Å². The van der Waals surface area contributed by atoms with Gasteiger partial charge < -0.3 is 24.1 Å². The number of nitrogens with one attached hydrogen (secondary N) is 1. The Bertz CT molecular complexity index is 944. The van der Waals surface area contributed by atoms with Gasteiger partial charge in [-0.3, -0.25) is 14.9 Å². The minimum atomic E-state index is -2.18. The number of aliphatic carboxylic acids is 1. The summed E-state index contributed by atoms with van der Waals surface area (Å²) in [5, 5.41) is 13.0. The highest BCUT2D eigenvalue weighted by Crippen LogP contribution is 2.32. The molecule has 214 valence electrons. The third-order valence-corrected chi connectivity index (χ3v) is 5.72. The molecule has 10 heteroatoms. The van der Waals surface area contributed by atoms with Crippen molar-refractivity contribution < 1.29 is 43.2 Å². The zero-order valence-corrected chi connectivity index (χ0v) is 23.6. The number of hydrogen-bond acceptors (Lipinski definition) is 9. The lowest BCUT2D eigenvalue weighted by atomic mass is 10.0. The van der Waals surface area contributed by atoms with E-state index in [0.29, 0.717) is 18.4 Å². The van der Waals surface area contributed by atoms with Crippen LogP contribution in [-0.4, -0.2) is 47.0 Å². The molecule has 1 aromatic rings. The van der Waals surface area contributed by atoms with Crippen LogP contribution >= 0.6 is 0 Å². The van der Waals surface area contributed by atoms with Crippen molar-refractivity contribution in [3.8, 4) is 11.5 Å². The van der Waals surface area contributed by atoms with E-state index in [2.05, 4.69) is 5.32 Å². The molecule has 0 saturated heterocycles. The van der Waals surface area contributed by atoms with E-state index < -0.39 is 35.9 Å². The third kappa shape index (κ3) is 11.1. The van der Waals surface area contributed by atoms with Crippen LogP contribution in [0.4, 0.5) is 4.79 Å². The molecule has 2 N–H and O–H groups in total. The summed E-state index contributed by atoms with van der Waals surface area (Å²) in [6.45, 7) is 12.7. The number of carbonyl (C=O) groups is 4. The predicted molar refractivity (Wildman–Crippen MR) is 141 cm³/mol. The highest BCUT2D eigenvalue weighted by molar-refractivity contribution is 5.81. The Balaban J connectivity index is 3.37. The number of carboxylic acid groups (broad SMARTS) is 1. The van der Waals surface area contributed by atoms with Gasteiger partial charge in [-0.15, -0.1) is 0 Å². The normalized spacial score (nSPS) is 13.5. The quantitative estimate of drug-likeness (QED) is 0.160. The second-order valence-corrected chi connectivity index (χ2v) is 9.96. The number of hydrogen-bond donors (Lipinski definition) is 2. The van der Waals surface area contributed by atoms with Crippen molar-refractivity contribution in [1.29, 1.82) is 0 Å². The van der Waals surface area contributed by atoms with Crippen LogP contribution in [0.15, 0.2) is 18.2 Å². The average molecular weight is 538 g/mol. The first kappa shape index (κ1) is 32.9. The van der Waals surface area contributed by atoms with Crippen molar-refractivity contribution in [1.82, 2.24) is 5.32 Å². The summed E-state index contributed by atoms with van der Waals surface area (Å²) >= 11 is 0. The summed E-state index contributed by atoms with van der Waals surface area (Å²) in [4.78, 5) is 49.6. The van der Waals surface area contributed by atoms with Gasteiger partial charge in [-0.05, 0) is 57.2 Å². The lowest BCUT2D eigenvalue weighted by Gasteiger charge is -2.32. The smallest absolute Gasteiger partial charge is 0.477 e. The second kappa shape index (κ2) is 16.0. The maximum Gasteiger partial charge on any atom is 0.510 e. The highest BCUT2D eigenvalue weighted by atomic mass is 16.7. The Hall–Kier alpha value is -3.14. The molecule has 0 fully saturated rings. The van der Waals surface area contributed by atoms with Crippen molar-refractivity contribution >= 4 is 24.1 Å². The van der Waals surface area contributed by atoms with Gasteiger partial charge in [-0.1, -0.05) is 46.6 Å². The highest BCUT2D eigenvalue weighted by Gasteiger charge is 2.44. The topological polar surface area (TPSA) is 137 Å². The van der Waals surface area contributed by atoms with Crippen molar-refractivity contribution in [2.45, 2.75) is 111 Å². The first-order valence-electron chi connectivity index (χ1n) is 13.3. The molecule has 0 spiro atoms. The molecule has 1 unspecified atom stereocenters. The monoisotopic (exact) mass is 537 g/mol. The molecule has 0 aromatic heterocycles. The van der Waals surface area contributed by atoms with E-state index in [0.717, 1.165) is 12.8 Å². The van der Waals surface area contributed by atoms with Gasteiger partial charge in [-0.2, -0.15) is 0 Å². The van der Waals surface area contributed by atoms with Crippen LogP contribution in [0, 0.1) is 5.92 Å². The van der Waals surface area contributed by atoms with E-state index in [9.17, 15) is 24.3 Å². The van der Waals surface area contributed by atoms with Gasteiger partial charge in [0.05, 0.1) is 0 Å². The fraction of sp³-hybridized carbons (Fsp3) is 0.643. The molecule has 2 atom stereocenters. The van der Waals surface area contributed by atoms with Crippen molar-refractivity contribution in [2.75, 3.05) is 0 Å². The molecular weight excluding hydrogens is 494 g/mol. The maximum absolute atomic E-state index is 12.5. The summed E-state index contributed by atoms with van der Waals surface area (Å²) in [5.74, 6) is -2.40. The summed E-state index contributed by atoms with van der Waals surface area (Å²) in [6.07, 6.45) is 1.29. The zero-order chi connectivity index (χ0) is 28.9. The third-order valence-electron chi connectivity index (χ3n) is 5.72. The van der Waals surface area contributed by atoms with Gasteiger partial charge in [0.15, 0.2) is 11.5 Å². The van der Waals surface area contributed by atoms with Crippen LogP contribution in [0.5, 0.6) is 11.5 Å². The van der Waals surface area contributed by atoms with Gasteiger partial charge in [0.1, 0.15) is 6.10 Å². The molecule has 1 rings (SSSR count). The summed E-state index contributed by atoms with van der Waals surface area (Å²) in [6, 6.07) is 3.99. The van der Waals surface area contributed by atoms with Crippen LogP contribution in [0.3, 0.4) is 0 Å². The Morgan fingerprint density at radius 1 is 0.895 bits per heavy atom. The molecule has 38 heavy (non-hydrogen) atoms. The van der Waals surface area contributed by atoms with E-state index in [4.69, 9.17) is 18.9 Å². The number of benzene rings is 1. The molecule has 0 bridgehead atoms. The van der Waals surface area contributed by atoms with Crippen LogP contribution in [0.25, 0.3) is 0 Å². The lowest BCUT2D eigenvalue weighted by molar-refractivity contribution is -0.168. The first-order chi connectivity index (χ1) is 17.8. The van der Waals surface area contributed by atoms with Gasteiger partial charge >= 0.3 is 24.1 Å². The predicted octanol–water partition coefficient (Wildman–Crippen LogP) is 5.40. The summed E-state index contributed by atoms with van der Waals surface area (Å²) < 4.78 is 21.6. The lowest BCUT2D eigenvalue weighted by Crippen LogP contribution is -2.59. The van der Waals surface area contributed by atoms with Crippen molar-refractivity contribution in [3.63, 3.8) is 0 Å². The minimum absolute atomic E-state index is 0.00244. The number of carboxylic acids is 1. The second-order valence-electron chi connectivity index (χ2n) is 9.96. The summed E-state index contributed by atoms with van der Waals surface area (Å²) in [5.41, 5.74) is -1.82. The Morgan fingerprint density at radius 3 is 1.92 bits per heavy atom. The van der Waals surface area contributed by atoms with Gasteiger partial charge in [0.2, 0.25) is 0 Å². The Labute approximate surface area is 225 Å². The van der Waals surface area contributed by atoms with Crippen LogP contribution in [-0.2, 0) is 30.3 Å². The Kier molecular flexibility index (Phi) is 13.8. The van der Waals surface area contributed by atoms with Crippen LogP contribution in [0.2, 0.25) is 0 Å². The molecule has 0 aliphatic rings. The van der Waals surface area contributed by atoms with Crippen LogP contribution < -0.4 is 14.8 Å². The number of rotatable bonds is 16. The Morgan fingerprint density at radius 2 is 1.45 bits per heavy atom. The molecule has 0 radical (unpaired) electrons. The molecule has 0 aliphatic carbocycles. The fourth-order valence-electron chi connectivity index (χ4n) is 3.32.